The van der Waals surface area contributed by atoms with Crippen molar-refractivity contribution >= 4 is 17.5 Å². The molecule has 1 atom stereocenters. The van der Waals surface area contributed by atoms with Gasteiger partial charge in [0, 0.05) is 12.6 Å². The Labute approximate surface area is 117 Å². The minimum atomic E-state index is -0.532. The van der Waals surface area contributed by atoms with E-state index in [-0.39, 0.29) is 22.7 Å². The van der Waals surface area contributed by atoms with Crippen LogP contribution in [-0.2, 0) is 0 Å². The number of hydrogen-bond donors (Lipinski definition) is 0. The average molecular weight is 285 g/mol. The summed E-state index contributed by atoms with van der Waals surface area (Å²) < 4.78 is 13.2. The molecule has 5 heteroatoms. The summed E-state index contributed by atoms with van der Waals surface area (Å²) in [6, 6.07) is 1.39. The number of nitrogens with zero attached hydrogens (tertiary/aromatic N) is 2. The van der Waals surface area contributed by atoms with Crippen LogP contribution in [0, 0.1) is 5.82 Å². The smallest absolute Gasteiger partial charge is 0.257 e. The third-order valence-corrected chi connectivity index (χ3v) is 3.95. The van der Waals surface area contributed by atoms with E-state index in [1.165, 1.54) is 6.07 Å². The van der Waals surface area contributed by atoms with Gasteiger partial charge < -0.3 is 4.90 Å². The second kappa shape index (κ2) is 6.33. The van der Waals surface area contributed by atoms with Gasteiger partial charge in [-0.3, -0.25) is 4.79 Å². The van der Waals surface area contributed by atoms with Crippen molar-refractivity contribution in [3.8, 4) is 0 Å². The first-order valence-electron chi connectivity index (χ1n) is 6.75. The molecule has 0 saturated carbocycles. The zero-order valence-electron chi connectivity index (χ0n) is 11.0. The van der Waals surface area contributed by atoms with Gasteiger partial charge >= 0.3 is 0 Å². The highest BCUT2D eigenvalue weighted by atomic mass is 35.5. The largest absolute Gasteiger partial charge is 0.336 e. The number of aromatic nitrogens is 1. The van der Waals surface area contributed by atoms with E-state index in [9.17, 15) is 9.18 Å². The predicted molar refractivity (Wildman–Crippen MR) is 72.8 cm³/mol. The van der Waals surface area contributed by atoms with E-state index < -0.39 is 5.82 Å². The van der Waals surface area contributed by atoms with Gasteiger partial charge in [-0.25, -0.2) is 9.37 Å². The van der Waals surface area contributed by atoms with Gasteiger partial charge in [-0.05, 0) is 25.3 Å². The molecule has 1 unspecified atom stereocenters. The molecule has 3 nitrogen and oxygen atoms in total. The Bertz CT molecular complexity index is 467. The van der Waals surface area contributed by atoms with Crippen LogP contribution in [-0.4, -0.2) is 28.4 Å². The molecule has 1 fully saturated rings. The van der Waals surface area contributed by atoms with Gasteiger partial charge in [-0.2, -0.15) is 0 Å². The molecule has 1 aliphatic heterocycles. The van der Waals surface area contributed by atoms with Crippen LogP contribution >= 0.6 is 11.6 Å². The van der Waals surface area contributed by atoms with Gasteiger partial charge in [0.15, 0.2) is 0 Å². The molecular weight excluding hydrogens is 267 g/mol. The van der Waals surface area contributed by atoms with Crippen molar-refractivity contribution in [3.63, 3.8) is 0 Å². The summed E-state index contributed by atoms with van der Waals surface area (Å²) in [6.07, 6.45) is 6.20. The number of pyridine rings is 1. The molecule has 1 amide bonds. The Balaban J connectivity index is 2.27. The molecule has 2 rings (SSSR count). The molecule has 19 heavy (non-hydrogen) atoms. The highest BCUT2D eigenvalue weighted by Gasteiger charge is 2.26. The molecular formula is C14H18ClFN2O. The fourth-order valence-corrected chi connectivity index (χ4v) is 2.78. The lowest BCUT2D eigenvalue weighted by Gasteiger charge is -2.29. The van der Waals surface area contributed by atoms with E-state index in [0.29, 0.717) is 6.54 Å². The number of halogens is 2. The summed E-state index contributed by atoms with van der Waals surface area (Å²) in [6.45, 7) is 2.78. The van der Waals surface area contributed by atoms with Crippen LogP contribution in [0.1, 0.15) is 49.4 Å². The van der Waals surface area contributed by atoms with Crippen LogP contribution in [0.3, 0.4) is 0 Å². The van der Waals surface area contributed by atoms with Gasteiger partial charge in [0.1, 0.15) is 11.0 Å². The van der Waals surface area contributed by atoms with Crippen LogP contribution in [0.2, 0.25) is 5.15 Å². The second-order valence-electron chi connectivity index (χ2n) is 4.90. The lowest BCUT2D eigenvalue weighted by Crippen LogP contribution is -2.39. The van der Waals surface area contributed by atoms with Crippen LogP contribution in [0.25, 0.3) is 0 Å². The first kappa shape index (κ1) is 14.3. The number of hydrogen-bond acceptors (Lipinski definition) is 2. The zero-order chi connectivity index (χ0) is 13.8. The monoisotopic (exact) mass is 284 g/mol. The Hall–Kier alpha value is -1.16. The van der Waals surface area contributed by atoms with Crippen molar-refractivity contribution in [1.82, 2.24) is 9.88 Å². The van der Waals surface area contributed by atoms with E-state index >= 15 is 0 Å². The van der Waals surface area contributed by atoms with E-state index in [0.717, 1.165) is 38.3 Å². The number of likely N-dealkylation sites (tertiary alicyclic amines) is 1. The molecule has 1 aromatic rings. The minimum absolute atomic E-state index is 0.0745. The SMILES string of the molecule is CCC1CCCCCN1C(=O)c1cc(F)cnc1Cl. The Kier molecular flexibility index (Phi) is 4.75. The zero-order valence-corrected chi connectivity index (χ0v) is 11.8. The molecule has 0 bridgehead atoms. The molecule has 1 aliphatic rings. The van der Waals surface area contributed by atoms with Crippen LogP contribution in [0.5, 0.6) is 0 Å². The molecule has 0 radical (unpaired) electrons. The molecule has 1 saturated heterocycles. The number of amides is 1. The van der Waals surface area contributed by atoms with Crippen molar-refractivity contribution in [2.45, 2.75) is 45.1 Å². The third kappa shape index (κ3) is 3.24. The normalized spacial score (nSPS) is 20.2. The maximum Gasteiger partial charge on any atom is 0.257 e. The second-order valence-corrected chi connectivity index (χ2v) is 5.26. The summed E-state index contributed by atoms with van der Waals surface area (Å²) >= 11 is 5.92. The average Bonchev–Trinajstić information content (AvgIpc) is 2.65. The van der Waals surface area contributed by atoms with Crippen LogP contribution in [0.4, 0.5) is 4.39 Å². The summed E-state index contributed by atoms with van der Waals surface area (Å²) in [7, 11) is 0. The highest BCUT2D eigenvalue weighted by molar-refractivity contribution is 6.32. The van der Waals surface area contributed by atoms with Crippen LogP contribution in [0.15, 0.2) is 12.3 Å². The van der Waals surface area contributed by atoms with Gasteiger partial charge in [-0.15, -0.1) is 0 Å². The van der Waals surface area contributed by atoms with Crippen LogP contribution < -0.4 is 0 Å². The number of carbonyl (C=O) groups is 1. The fourth-order valence-electron chi connectivity index (χ4n) is 2.60. The van der Waals surface area contributed by atoms with E-state index in [1.807, 2.05) is 4.90 Å². The predicted octanol–water partition coefficient (Wildman–Crippen LogP) is 3.67. The van der Waals surface area contributed by atoms with Crippen molar-refractivity contribution < 1.29 is 9.18 Å². The number of rotatable bonds is 2. The van der Waals surface area contributed by atoms with Gasteiger partial charge in [0.05, 0.1) is 11.8 Å². The molecule has 1 aromatic heterocycles. The lowest BCUT2D eigenvalue weighted by atomic mass is 10.1. The summed E-state index contributed by atoms with van der Waals surface area (Å²) in [5, 5.41) is 0.0745. The standard InChI is InChI=1S/C14H18ClFN2O/c1-2-11-6-4-3-5-7-18(11)14(19)12-8-10(16)9-17-13(12)15/h8-9,11H,2-7H2,1H3. The van der Waals surface area contributed by atoms with E-state index in [1.54, 1.807) is 0 Å². The first-order chi connectivity index (χ1) is 9.13. The highest BCUT2D eigenvalue weighted by Crippen LogP contribution is 2.23. The molecule has 0 aromatic carbocycles. The van der Waals surface area contributed by atoms with Crippen molar-refractivity contribution in [3.05, 3.63) is 28.8 Å². The lowest BCUT2D eigenvalue weighted by molar-refractivity contribution is 0.0677. The Morgan fingerprint density at radius 1 is 1.53 bits per heavy atom. The summed E-state index contributed by atoms with van der Waals surface area (Å²) in [4.78, 5) is 18.1. The van der Waals surface area contributed by atoms with E-state index in [4.69, 9.17) is 11.6 Å². The Morgan fingerprint density at radius 3 is 3.05 bits per heavy atom. The molecule has 104 valence electrons. The molecule has 0 N–H and O–H groups in total. The molecule has 0 spiro atoms. The third-order valence-electron chi connectivity index (χ3n) is 3.65. The summed E-state index contributed by atoms with van der Waals surface area (Å²) in [5.41, 5.74) is 0.169. The van der Waals surface area contributed by atoms with Gasteiger partial charge in [0.2, 0.25) is 0 Å². The molecule has 0 aliphatic carbocycles. The maximum atomic E-state index is 13.2. The summed E-state index contributed by atoms with van der Waals surface area (Å²) in [5.74, 6) is -0.735. The minimum Gasteiger partial charge on any atom is -0.336 e. The first-order valence-corrected chi connectivity index (χ1v) is 7.13. The van der Waals surface area contributed by atoms with E-state index in [2.05, 4.69) is 11.9 Å². The fraction of sp³-hybridized carbons (Fsp3) is 0.571. The maximum absolute atomic E-state index is 13.2. The Morgan fingerprint density at radius 2 is 2.32 bits per heavy atom. The molecule has 2 heterocycles. The number of carbonyl (C=O) groups excluding carboxylic acids is 1. The quantitative estimate of drug-likeness (QED) is 0.777. The van der Waals surface area contributed by atoms with Crippen molar-refractivity contribution in [2.75, 3.05) is 6.54 Å². The van der Waals surface area contributed by atoms with Crippen molar-refractivity contribution in [1.29, 1.82) is 0 Å². The van der Waals surface area contributed by atoms with Crippen molar-refractivity contribution in [2.24, 2.45) is 0 Å². The van der Waals surface area contributed by atoms with Gasteiger partial charge in [-0.1, -0.05) is 31.4 Å². The topological polar surface area (TPSA) is 33.2 Å². The van der Waals surface area contributed by atoms with Gasteiger partial charge in [0.25, 0.3) is 5.91 Å².